The van der Waals surface area contributed by atoms with Gasteiger partial charge in [0.15, 0.2) is 11.5 Å². The molecule has 1 N–H and O–H groups in total. The molecule has 0 radical (unpaired) electrons. The van der Waals surface area contributed by atoms with Crippen LogP contribution in [0, 0.1) is 0 Å². The van der Waals surface area contributed by atoms with Gasteiger partial charge in [0, 0.05) is 24.7 Å². The van der Waals surface area contributed by atoms with Crippen LogP contribution in [-0.4, -0.2) is 48.0 Å². The number of nitrogens with zero attached hydrogens (tertiary/aromatic N) is 1. The van der Waals surface area contributed by atoms with Crippen molar-refractivity contribution in [3.05, 3.63) is 23.8 Å². The van der Waals surface area contributed by atoms with E-state index in [9.17, 15) is 9.59 Å². The summed E-state index contributed by atoms with van der Waals surface area (Å²) in [7, 11) is 0. The number of ether oxygens (including phenoxy) is 2. The van der Waals surface area contributed by atoms with Crippen molar-refractivity contribution in [1.29, 1.82) is 0 Å². The molecule has 0 spiro atoms. The zero-order valence-electron chi connectivity index (χ0n) is 12.9. The van der Waals surface area contributed by atoms with Gasteiger partial charge in [0.05, 0.1) is 0 Å². The summed E-state index contributed by atoms with van der Waals surface area (Å²) in [6.07, 6.45) is 1.46. The first-order chi connectivity index (χ1) is 11.0. The molecule has 2 aliphatic heterocycles. The average Bonchev–Trinajstić information content (AvgIpc) is 3.02. The second-order valence-electron chi connectivity index (χ2n) is 5.76. The fourth-order valence-corrected chi connectivity index (χ4v) is 2.82. The first kappa shape index (κ1) is 15.9. The minimum atomic E-state index is -0.539. The van der Waals surface area contributed by atoms with Crippen LogP contribution in [0.4, 0.5) is 0 Å². The van der Waals surface area contributed by atoms with E-state index < -0.39 is 5.38 Å². The third kappa shape index (κ3) is 3.52. The molecular weight excluding hydrogens is 320 g/mol. The Balaban J connectivity index is 1.57. The summed E-state index contributed by atoms with van der Waals surface area (Å²) in [5.41, 5.74) is 0.589. The Kier molecular flexibility index (Phi) is 4.61. The standard InChI is InChI=1S/C16H19ClN2O4/c1-10(17)15(20)18-12-4-6-19(7-5-12)16(21)11-2-3-13-14(8-11)23-9-22-13/h2-3,8,10,12H,4-7,9H2,1H3,(H,18,20). The molecule has 1 aromatic carbocycles. The van der Waals surface area contributed by atoms with E-state index in [0.717, 1.165) is 12.8 Å². The Hall–Kier alpha value is -1.95. The van der Waals surface area contributed by atoms with Crippen LogP contribution in [0.2, 0.25) is 0 Å². The molecule has 0 aromatic heterocycles. The van der Waals surface area contributed by atoms with E-state index in [-0.39, 0.29) is 24.6 Å². The zero-order chi connectivity index (χ0) is 16.4. The topological polar surface area (TPSA) is 67.9 Å². The maximum atomic E-state index is 12.6. The van der Waals surface area contributed by atoms with E-state index in [4.69, 9.17) is 21.1 Å². The van der Waals surface area contributed by atoms with Gasteiger partial charge >= 0.3 is 0 Å². The molecular formula is C16H19ClN2O4. The summed E-state index contributed by atoms with van der Waals surface area (Å²) >= 11 is 5.75. The maximum absolute atomic E-state index is 12.6. The Morgan fingerprint density at radius 1 is 1.26 bits per heavy atom. The predicted molar refractivity (Wildman–Crippen MR) is 84.9 cm³/mol. The van der Waals surface area contributed by atoms with E-state index in [1.54, 1.807) is 30.0 Å². The van der Waals surface area contributed by atoms with Gasteiger partial charge in [-0.1, -0.05) is 0 Å². The fourth-order valence-electron chi connectivity index (χ4n) is 2.76. The smallest absolute Gasteiger partial charge is 0.253 e. The van der Waals surface area contributed by atoms with Gasteiger partial charge in [0.25, 0.3) is 5.91 Å². The third-order valence-electron chi connectivity index (χ3n) is 4.11. The SMILES string of the molecule is CC(Cl)C(=O)NC1CCN(C(=O)c2ccc3c(c2)OCO3)CC1. The molecule has 2 aliphatic rings. The maximum Gasteiger partial charge on any atom is 0.253 e. The Morgan fingerprint density at radius 3 is 2.65 bits per heavy atom. The minimum absolute atomic E-state index is 0.0289. The number of likely N-dealkylation sites (tertiary alicyclic amines) is 1. The number of benzene rings is 1. The Morgan fingerprint density at radius 2 is 1.96 bits per heavy atom. The molecule has 1 saturated heterocycles. The van der Waals surface area contributed by atoms with Crippen molar-refractivity contribution < 1.29 is 19.1 Å². The number of amides is 2. The van der Waals surface area contributed by atoms with Crippen LogP contribution in [0.5, 0.6) is 11.5 Å². The van der Waals surface area contributed by atoms with Crippen molar-refractivity contribution in [2.75, 3.05) is 19.9 Å². The summed E-state index contributed by atoms with van der Waals surface area (Å²) < 4.78 is 10.6. The number of piperidine rings is 1. The number of halogens is 1. The molecule has 2 heterocycles. The number of alkyl halides is 1. The lowest BCUT2D eigenvalue weighted by atomic mass is 10.0. The molecule has 1 aromatic rings. The molecule has 124 valence electrons. The largest absolute Gasteiger partial charge is 0.454 e. The second kappa shape index (κ2) is 6.66. The molecule has 1 fully saturated rings. The van der Waals surface area contributed by atoms with Crippen LogP contribution in [0.25, 0.3) is 0 Å². The first-order valence-corrected chi connectivity index (χ1v) is 8.11. The van der Waals surface area contributed by atoms with Crippen molar-refractivity contribution in [2.24, 2.45) is 0 Å². The van der Waals surface area contributed by atoms with Crippen molar-refractivity contribution in [1.82, 2.24) is 10.2 Å². The lowest BCUT2D eigenvalue weighted by molar-refractivity contribution is -0.121. The van der Waals surface area contributed by atoms with Gasteiger partial charge in [-0.2, -0.15) is 0 Å². The minimum Gasteiger partial charge on any atom is -0.454 e. The highest BCUT2D eigenvalue weighted by atomic mass is 35.5. The van der Waals surface area contributed by atoms with E-state index in [2.05, 4.69) is 5.32 Å². The lowest BCUT2D eigenvalue weighted by Crippen LogP contribution is -2.47. The number of hydrogen-bond acceptors (Lipinski definition) is 4. The van der Waals surface area contributed by atoms with Crippen molar-refractivity contribution in [3.8, 4) is 11.5 Å². The second-order valence-corrected chi connectivity index (χ2v) is 6.41. The summed E-state index contributed by atoms with van der Waals surface area (Å²) in [5.74, 6) is 1.08. The van der Waals surface area contributed by atoms with Crippen molar-refractivity contribution in [2.45, 2.75) is 31.2 Å². The van der Waals surface area contributed by atoms with E-state index in [1.807, 2.05) is 0 Å². The normalized spacial score (nSPS) is 18.6. The number of carbonyl (C=O) groups is 2. The molecule has 1 atom stereocenters. The summed E-state index contributed by atoms with van der Waals surface area (Å²) in [6, 6.07) is 5.29. The molecule has 3 rings (SSSR count). The number of fused-ring (bicyclic) bond motifs is 1. The monoisotopic (exact) mass is 338 g/mol. The lowest BCUT2D eigenvalue weighted by Gasteiger charge is -2.32. The number of rotatable bonds is 3. The van der Waals surface area contributed by atoms with Crippen molar-refractivity contribution in [3.63, 3.8) is 0 Å². The van der Waals surface area contributed by atoms with Crippen LogP contribution in [-0.2, 0) is 4.79 Å². The van der Waals surface area contributed by atoms with Gasteiger partial charge < -0.3 is 19.7 Å². The number of carbonyl (C=O) groups excluding carboxylic acids is 2. The summed E-state index contributed by atoms with van der Waals surface area (Å²) in [6.45, 7) is 3.05. The highest BCUT2D eigenvalue weighted by Gasteiger charge is 2.26. The van der Waals surface area contributed by atoms with Gasteiger partial charge in [-0.25, -0.2) is 0 Å². The van der Waals surface area contributed by atoms with E-state index in [0.29, 0.717) is 30.2 Å². The highest BCUT2D eigenvalue weighted by Crippen LogP contribution is 2.33. The van der Waals surface area contributed by atoms with Crippen LogP contribution in [0.3, 0.4) is 0 Å². The van der Waals surface area contributed by atoms with Gasteiger partial charge in [0.2, 0.25) is 12.7 Å². The molecule has 0 saturated carbocycles. The van der Waals surface area contributed by atoms with Crippen LogP contribution >= 0.6 is 11.6 Å². The molecule has 7 heteroatoms. The Labute approximate surface area is 139 Å². The average molecular weight is 339 g/mol. The first-order valence-electron chi connectivity index (χ1n) is 7.68. The summed E-state index contributed by atoms with van der Waals surface area (Å²) in [4.78, 5) is 26.0. The molecule has 6 nitrogen and oxygen atoms in total. The van der Waals surface area contributed by atoms with Crippen molar-refractivity contribution >= 4 is 23.4 Å². The Bertz CT molecular complexity index is 612. The molecule has 23 heavy (non-hydrogen) atoms. The fraction of sp³-hybridized carbons (Fsp3) is 0.500. The number of nitrogens with one attached hydrogen (secondary N) is 1. The van der Waals surface area contributed by atoms with Gasteiger partial charge in [-0.3, -0.25) is 9.59 Å². The number of hydrogen-bond donors (Lipinski definition) is 1. The molecule has 2 amide bonds. The van der Waals surface area contributed by atoms with Crippen LogP contribution in [0.15, 0.2) is 18.2 Å². The molecule has 0 aliphatic carbocycles. The van der Waals surface area contributed by atoms with Crippen LogP contribution in [0.1, 0.15) is 30.1 Å². The summed E-state index contributed by atoms with van der Waals surface area (Å²) in [5, 5.41) is 2.37. The molecule has 1 unspecified atom stereocenters. The third-order valence-corrected chi connectivity index (χ3v) is 4.31. The van der Waals surface area contributed by atoms with Gasteiger partial charge in [-0.15, -0.1) is 11.6 Å². The molecule has 0 bridgehead atoms. The van der Waals surface area contributed by atoms with E-state index >= 15 is 0 Å². The van der Waals surface area contributed by atoms with Gasteiger partial charge in [0.1, 0.15) is 5.38 Å². The van der Waals surface area contributed by atoms with Gasteiger partial charge in [-0.05, 0) is 38.0 Å². The van der Waals surface area contributed by atoms with Crippen LogP contribution < -0.4 is 14.8 Å². The van der Waals surface area contributed by atoms with E-state index in [1.165, 1.54) is 0 Å². The predicted octanol–water partition coefficient (Wildman–Crippen LogP) is 1.76. The zero-order valence-corrected chi connectivity index (χ0v) is 13.6. The quantitative estimate of drug-likeness (QED) is 0.853. The highest BCUT2D eigenvalue weighted by molar-refractivity contribution is 6.30.